The lowest BCUT2D eigenvalue weighted by molar-refractivity contribution is -0.133. The molecule has 1 atom stereocenters. The first-order valence-corrected chi connectivity index (χ1v) is 10.8. The fourth-order valence-electron chi connectivity index (χ4n) is 4.20. The van der Waals surface area contributed by atoms with Gasteiger partial charge >= 0.3 is 0 Å². The lowest BCUT2D eigenvalue weighted by atomic mass is 9.94. The van der Waals surface area contributed by atoms with Gasteiger partial charge in [-0.1, -0.05) is 36.9 Å². The zero-order chi connectivity index (χ0) is 19.2. The molecular formula is C22H32ClNO3. The molecule has 0 spiro atoms. The summed E-state index contributed by atoms with van der Waals surface area (Å²) in [6, 6.07) is 6.26. The Labute approximate surface area is 168 Å². The first-order chi connectivity index (χ1) is 13.0. The molecule has 1 amide bonds. The number of likely N-dealkylation sites (tertiary alicyclic amines) is 1. The Morgan fingerprint density at radius 1 is 1.15 bits per heavy atom. The van der Waals surface area contributed by atoms with Crippen LogP contribution in [0.25, 0.3) is 0 Å². The molecule has 0 bridgehead atoms. The number of hydrogen-bond acceptors (Lipinski definition) is 3. The molecule has 1 heterocycles. The third kappa shape index (κ3) is 5.61. The van der Waals surface area contributed by atoms with Gasteiger partial charge in [-0.2, -0.15) is 0 Å². The van der Waals surface area contributed by atoms with Crippen molar-refractivity contribution in [2.24, 2.45) is 5.92 Å². The molecule has 150 valence electrons. The monoisotopic (exact) mass is 393 g/mol. The smallest absolute Gasteiger partial charge is 0.226 e. The summed E-state index contributed by atoms with van der Waals surface area (Å²) in [7, 11) is 0. The zero-order valence-electron chi connectivity index (χ0n) is 16.6. The number of rotatable bonds is 8. The highest BCUT2D eigenvalue weighted by molar-refractivity contribution is 6.31. The molecule has 1 saturated carbocycles. The van der Waals surface area contributed by atoms with E-state index >= 15 is 0 Å². The molecule has 1 aliphatic carbocycles. The highest BCUT2D eigenvalue weighted by atomic mass is 35.5. The summed E-state index contributed by atoms with van der Waals surface area (Å²) in [4.78, 5) is 15.0. The summed E-state index contributed by atoms with van der Waals surface area (Å²) < 4.78 is 11.2. The topological polar surface area (TPSA) is 38.8 Å². The Hall–Kier alpha value is -1.26. The van der Waals surface area contributed by atoms with E-state index in [1.807, 2.05) is 32.0 Å². The number of amides is 1. The second kappa shape index (κ2) is 9.79. The van der Waals surface area contributed by atoms with Gasteiger partial charge in [0.25, 0.3) is 0 Å². The molecule has 2 aliphatic rings. The van der Waals surface area contributed by atoms with Gasteiger partial charge in [0.15, 0.2) is 0 Å². The van der Waals surface area contributed by atoms with Crippen molar-refractivity contribution in [3.8, 4) is 5.75 Å². The van der Waals surface area contributed by atoms with Crippen LogP contribution in [0.2, 0.25) is 5.02 Å². The van der Waals surface area contributed by atoms with Crippen molar-refractivity contribution in [1.29, 1.82) is 0 Å². The fraction of sp³-hybridized carbons (Fsp3) is 0.682. The maximum absolute atomic E-state index is 12.9. The van der Waals surface area contributed by atoms with Crippen LogP contribution in [-0.2, 0) is 16.0 Å². The number of halogens is 1. The summed E-state index contributed by atoms with van der Waals surface area (Å²) >= 11 is 6.47. The molecule has 4 nitrogen and oxygen atoms in total. The van der Waals surface area contributed by atoms with Gasteiger partial charge in [0.2, 0.25) is 5.91 Å². The van der Waals surface area contributed by atoms with Crippen molar-refractivity contribution >= 4 is 17.5 Å². The lowest BCUT2D eigenvalue weighted by Gasteiger charge is -2.31. The van der Waals surface area contributed by atoms with E-state index in [0.717, 1.165) is 30.7 Å². The SMILES string of the molecule is CC(C)OCCOc1ccc(CC2CCN(C3CCCCC3)C2=O)c(Cl)c1. The van der Waals surface area contributed by atoms with Gasteiger partial charge in [-0.05, 0) is 57.2 Å². The van der Waals surface area contributed by atoms with Crippen molar-refractivity contribution in [2.75, 3.05) is 19.8 Å². The van der Waals surface area contributed by atoms with Crippen LogP contribution >= 0.6 is 11.6 Å². The summed E-state index contributed by atoms with van der Waals surface area (Å²) in [5.74, 6) is 1.14. The highest BCUT2D eigenvalue weighted by Gasteiger charge is 2.36. The molecule has 5 heteroatoms. The molecule has 0 aromatic heterocycles. The van der Waals surface area contributed by atoms with Crippen LogP contribution in [-0.4, -0.2) is 42.7 Å². The van der Waals surface area contributed by atoms with E-state index < -0.39 is 0 Å². The minimum absolute atomic E-state index is 0.0654. The van der Waals surface area contributed by atoms with Crippen LogP contribution < -0.4 is 4.74 Å². The Morgan fingerprint density at radius 3 is 2.63 bits per heavy atom. The van der Waals surface area contributed by atoms with E-state index in [9.17, 15) is 4.79 Å². The Balaban J connectivity index is 1.52. The van der Waals surface area contributed by atoms with E-state index in [1.54, 1.807) is 0 Å². The third-order valence-corrected chi connectivity index (χ3v) is 6.01. The first-order valence-electron chi connectivity index (χ1n) is 10.4. The predicted octanol–water partition coefficient (Wildman–Crippen LogP) is 4.87. The van der Waals surface area contributed by atoms with Crippen molar-refractivity contribution in [3.63, 3.8) is 0 Å². The van der Waals surface area contributed by atoms with Crippen molar-refractivity contribution in [1.82, 2.24) is 4.90 Å². The Kier molecular flexibility index (Phi) is 7.42. The van der Waals surface area contributed by atoms with E-state index in [-0.39, 0.29) is 12.0 Å². The van der Waals surface area contributed by atoms with E-state index in [0.29, 0.717) is 30.2 Å². The maximum Gasteiger partial charge on any atom is 0.226 e. The normalized spacial score (nSPS) is 21.3. The van der Waals surface area contributed by atoms with Crippen LogP contribution in [0.3, 0.4) is 0 Å². The van der Waals surface area contributed by atoms with Crippen LogP contribution in [0.1, 0.15) is 57.9 Å². The van der Waals surface area contributed by atoms with Crippen LogP contribution in [0.5, 0.6) is 5.75 Å². The average molecular weight is 394 g/mol. The third-order valence-electron chi connectivity index (χ3n) is 5.66. The van der Waals surface area contributed by atoms with E-state index in [4.69, 9.17) is 21.1 Å². The van der Waals surface area contributed by atoms with E-state index in [2.05, 4.69) is 4.90 Å². The van der Waals surface area contributed by atoms with Gasteiger partial charge < -0.3 is 14.4 Å². The quantitative estimate of drug-likeness (QED) is 0.591. The molecule has 27 heavy (non-hydrogen) atoms. The summed E-state index contributed by atoms with van der Waals surface area (Å²) in [6.45, 7) is 5.98. The van der Waals surface area contributed by atoms with Gasteiger partial charge in [0, 0.05) is 23.5 Å². The molecule has 1 unspecified atom stereocenters. The van der Waals surface area contributed by atoms with Gasteiger partial charge in [-0.25, -0.2) is 0 Å². The standard InChI is InChI=1S/C22H32ClNO3/c1-16(2)26-12-13-27-20-9-8-17(21(23)15-20)14-18-10-11-24(22(18)25)19-6-4-3-5-7-19/h8-9,15-16,18-19H,3-7,10-14H2,1-2H3. The van der Waals surface area contributed by atoms with Crippen molar-refractivity contribution in [2.45, 2.75) is 70.9 Å². The average Bonchev–Trinajstić information content (AvgIpc) is 3.02. The van der Waals surface area contributed by atoms with Crippen LogP contribution in [0, 0.1) is 5.92 Å². The van der Waals surface area contributed by atoms with Gasteiger partial charge in [0.1, 0.15) is 12.4 Å². The highest BCUT2D eigenvalue weighted by Crippen LogP contribution is 2.32. The van der Waals surface area contributed by atoms with Crippen LogP contribution in [0.4, 0.5) is 0 Å². The predicted molar refractivity (Wildman–Crippen MR) is 108 cm³/mol. The molecule has 0 radical (unpaired) electrons. The number of carbonyl (C=O) groups is 1. The second-order valence-electron chi connectivity index (χ2n) is 8.03. The lowest BCUT2D eigenvalue weighted by Crippen LogP contribution is -2.39. The number of carbonyl (C=O) groups excluding carboxylic acids is 1. The number of hydrogen-bond donors (Lipinski definition) is 0. The number of ether oxygens (including phenoxy) is 2. The van der Waals surface area contributed by atoms with Crippen molar-refractivity contribution in [3.05, 3.63) is 28.8 Å². The molecule has 1 saturated heterocycles. The summed E-state index contributed by atoms with van der Waals surface area (Å²) in [5, 5.41) is 0.682. The number of nitrogens with zero attached hydrogens (tertiary/aromatic N) is 1. The molecule has 1 aliphatic heterocycles. The fourth-order valence-corrected chi connectivity index (χ4v) is 4.45. The van der Waals surface area contributed by atoms with Gasteiger partial charge in [0.05, 0.1) is 12.7 Å². The minimum Gasteiger partial charge on any atom is -0.491 e. The molecule has 1 aromatic rings. The largest absolute Gasteiger partial charge is 0.491 e. The minimum atomic E-state index is 0.0654. The molecular weight excluding hydrogens is 362 g/mol. The van der Waals surface area contributed by atoms with E-state index in [1.165, 1.54) is 32.1 Å². The molecule has 0 N–H and O–H groups in total. The molecule has 3 rings (SSSR count). The van der Waals surface area contributed by atoms with Crippen LogP contribution in [0.15, 0.2) is 18.2 Å². The second-order valence-corrected chi connectivity index (χ2v) is 8.44. The Morgan fingerprint density at radius 2 is 1.93 bits per heavy atom. The van der Waals surface area contributed by atoms with Gasteiger partial charge in [-0.3, -0.25) is 4.79 Å². The first kappa shape index (κ1) is 20.5. The summed E-state index contributed by atoms with van der Waals surface area (Å²) in [6.07, 6.45) is 8.04. The zero-order valence-corrected chi connectivity index (χ0v) is 17.3. The number of benzene rings is 1. The van der Waals surface area contributed by atoms with Gasteiger partial charge in [-0.15, -0.1) is 0 Å². The summed E-state index contributed by atoms with van der Waals surface area (Å²) in [5.41, 5.74) is 1.03. The van der Waals surface area contributed by atoms with Crippen molar-refractivity contribution < 1.29 is 14.3 Å². The molecule has 1 aromatic carbocycles. The Bertz CT molecular complexity index is 628. The molecule has 2 fully saturated rings. The maximum atomic E-state index is 12.9.